The van der Waals surface area contributed by atoms with Crippen molar-refractivity contribution in [3.63, 3.8) is 0 Å². The van der Waals surface area contributed by atoms with Crippen LogP contribution in [0.2, 0.25) is 0 Å². The number of aromatic amines is 1. The molecule has 4 heterocycles. The SMILES string of the molecule is CCn1ncc(NC(=O)c2cc(-c3cccs3)[nH]n2)c1C(=O)Nc1cnn(C)c1C. The van der Waals surface area contributed by atoms with Crippen molar-refractivity contribution in [2.45, 2.75) is 20.4 Å². The van der Waals surface area contributed by atoms with E-state index in [0.717, 1.165) is 16.3 Å². The first-order valence-corrected chi connectivity index (χ1v) is 10.1. The van der Waals surface area contributed by atoms with E-state index >= 15 is 0 Å². The van der Waals surface area contributed by atoms with Crippen LogP contribution in [0.25, 0.3) is 10.6 Å². The summed E-state index contributed by atoms with van der Waals surface area (Å²) in [6.07, 6.45) is 3.03. The number of nitrogens with zero attached hydrogens (tertiary/aromatic N) is 5. The van der Waals surface area contributed by atoms with E-state index in [4.69, 9.17) is 0 Å². The lowest BCUT2D eigenvalue weighted by molar-refractivity contribution is 0.101. The third-order valence-corrected chi connectivity index (χ3v) is 5.59. The molecule has 0 aliphatic rings. The van der Waals surface area contributed by atoms with Crippen LogP contribution in [0.3, 0.4) is 0 Å². The van der Waals surface area contributed by atoms with E-state index in [0.29, 0.717) is 17.9 Å². The van der Waals surface area contributed by atoms with Gasteiger partial charge >= 0.3 is 0 Å². The lowest BCUT2D eigenvalue weighted by atomic mass is 10.2. The molecule has 0 aliphatic carbocycles. The third kappa shape index (κ3) is 3.62. The summed E-state index contributed by atoms with van der Waals surface area (Å²) < 4.78 is 3.19. The van der Waals surface area contributed by atoms with Gasteiger partial charge in [-0.05, 0) is 31.4 Å². The van der Waals surface area contributed by atoms with Crippen molar-refractivity contribution >= 4 is 34.5 Å². The lowest BCUT2D eigenvalue weighted by Gasteiger charge is -2.09. The fraction of sp³-hybridized carbons (Fsp3) is 0.211. The average Bonchev–Trinajstić information content (AvgIpc) is 3.51. The number of hydrogen-bond donors (Lipinski definition) is 3. The number of aryl methyl sites for hydroxylation is 2. The Kier molecular flexibility index (Phi) is 5.19. The van der Waals surface area contributed by atoms with Crippen molar-refractivity contribution in [3.8, 4) is 10.6 Å². The zero-order valence-electron chi connectivity index (χ0n) is 16.6. The molecule has 0 saturated carbocycles. The number of rotatable bonds is 6. The van der Waals surface area contributed by atoms with E-state index in [-0.39, 0.29) is 17.3 Å². The van der Waals surface area contributed by atoms with Crippen LogP contribution in [0.4, 0.5) is 11.4 Å². The molecular weight excluding hydrogens is 404 g/mol. The standard InChI is InChI=1S/C19H20N8O2S/c1-4-27-17(19(29)22-14-9-20-26(3)11(14)2)15(10-21-27)23-18(28)13-8-12(24-25-13)16-6-5-7-30-16/h5-10H,4H2,1-3H3,(H,22,29)(H,23,28)(H,24,25). The van der Waals surface area contributed by atoms with Gasteiger partial charge in [-0.1, -0.05) is 6.07 Å². The first kappa shape index (κ1) is 19.6. The van der Waals surface area contributed by atoms with Crippen molar-refractivity contribution in [2.24, 2.45) is 7.05 Å². The fourth-order valence-electron chi connectivity index (χ4n) is 2.94. The van der Waals surface area contributed by atoms with Crippen LogP contribution in [0.5, 0.6) is 0 Å². The van der Waals surface area contributed by atoms with Crippen LogP contribution in [0.1, 0.15) is 33.6 Å². The number of thiophene rings is 1. The van der Waals surface area contributed by atoms with E-state index in [1.165, 1.54) is 10.9 Å². The summed E-state index contributed by atoms with van der Waals surface area (Å²) in [5.41, 5.74) is 2.94. The van der Waals surface area contributed by atoms with Gasteiger partial charge in [0.15, 0.2) is 5.69 Å². The fourth-order valence-corrected chi connectivity index (χ4v) is 3.63. The highest BCUT2D eigenvalue weighted by Gasteiger charge is 2.22. The van der Waals surface area contributed by atoms with E-state index in [1.54, 1.807) is 35.3 Å². The first-order valence-electron chi connectivity index (χ1n) is 9.24. The molecular formula is C19H20N8O2S. The molecule has 0 spiro atoms. The second kappa shape index (κ2) is 7.95. The number of nitrogens with one attached hydrogen (secondary N) is 3. The Labute approximate surface area is 175 Å². The highest BCUT2D eigenvalue weighted by molar-refractivity contribution is 7.13. The number of hydrogen-bond acceptors (Lipinski definition) is 6. The molecule has 10 nitrogen and oxygen atoms in total. The predicted molar refractivity (Wildman–Crippen MR) is 114 cm³/mol. The molecule has 0 radical (unpaired) electrons. The van der Waals surface area contributed by atoms with Crippen LogP contribution >= 0.6 is 11.3 Å². The van der Waals surface area contributed by atoms with Crippen molar-refractivity contribution in [1.29, 1.82) is 0 Å². The van der Waals surface area contributed by atoms with Crippen LogP contribution in [0.15, 0.2) is 36.0 Å². The van der Waals surface area contributed by atoms with Gasteiger partial charge in [-0.2, -0.15) is 15.3 Å². The molecule has 0 aliphatic heterocycles. The second-order valence-corrected chi connectivity index (χ2v) is 7.49. The maximum Gasteiger partial charge on any atom is 0.276 e. The van der Waals surface area contributed by atoms with Crippen molar-refractivity contribution in [3.05, 3.63) is 53.1 Å². The van der Waals surface area contributed by atoms with Gasteiger partial charge in [-0.25, -0.2) is 0 Å². The minimum Gasteiger partial charge on any atom is -0.318 e. The Morgan fingerprint density at radius 1 is 1.17 bits per heavy atom. The number of amides is 2. The zero-order valence-corrected chi connectivity index (χ0v) is 17.4. The molecule has 154 valence electrons. The van der Waals surface area contributed by atoms with Crippen molar-refractivity contribution in [2.75, 3.05) is 10.6 Å². The normalized spacial score (nSPS) is 10.9. The summed E-state index contributed by atoms with van der Waals surface area (Å²) in [6.45, 7) is 4.19. The van der Waals surface area contributed by atoms with E-state index in [2.05, 4.69) is 31.0 Å². The van der Waals surface area contributed by atoms with Gasteiger partial charge in [0.1, 0.15) is 5.69 Å². The molecule has 4 rings (SSSR count). The Morgan fingerprint density at radius 2 is 1.93 bits per heavy atom. The van der Waals surface area contributed by atoms with Crippen LogP contribution in [-0.4, -0.2) is 41.6 Å². The maximum atomic E-state index is 12.9. The summed E-state index contributed by atoms with van der Waals surface area (Å²) in [5.74, 6) is -0.821. The molecule has 0 bridgehead atoms. The van der Waals surface area contributed by atoms with E-state index in [1.807, 2.05) is 31.4 Å². The number of H-pyrrole nitrogens is 1. The molecule has 0 atom stereocenters. The molecule has 4 aromatic rings. The van der Waals surface area contributed by atoms with Crippen LogP contribution in [-0.2, 0) is 13.6 Å². The van der Waals surface area contributed by atoms with E-state index < -0.39 is 5.91 Å². The topological polar surface area (TPSA) is 123 Å². The smallest absolute Gasteiger partial charge is 0.276 e. The van der Waals surface area contributed by atoms with Crippen LogP contribution < -0.4 is 10.6 Å². The summed E-state index contributed by atoms with van der Waals surface area (Å²) in [4.78, 5) is 26.6. The number of anilines is 2. The largest absolute Gasteiger partial charge is 0.318 e. The van der Waals surface area contributed by atoms with Gasteiger partial charge in [0.25, 0.3) is 11.8 Å². The highest BCUT2D eigenvalue weighted by Crippen LogP contribution is 2.24. The second-order valence-electron chi connectivity index (χ2n) is 6.54. The molecule has 0 fully saturated rings. The summed E-state index contributed by atoms with van der Waals surface area (Å²) in [7, 11) is 1.79. The molecule has 2 amide bonds. The minimum absolute atomic E-state index is 0.220. The Hall–Kier alpha value is -3.73. The first-order chi connectivity index (χ1) is 14.5. The Bertz CT molecular complexity index is 1200. The molecule has 0 aromatic carbocycles. The van der Waals surface area contributed by atoms with Gasteiger partial charge in [-0.15, -0.1) is 11.3 Å². The maximum absolute atomic E-state index is 12.9. The third-order valence-electron chi connectivity index (χ3n) is 4.68. The van der Waals surface area contributed by atoms with Gasteiger partial charge < -0.3 is 10.6 Å². The van der Waals surface area contributed by atoms with Gasteiger partial charge in [-0.3, -0.25) is 24.1 Å². The van der Waals surface area contributed by atoms with Crippen LogP contribution in [0, 0.1) is 6.92 Å². The average molecular weight is 424 g/mol. The molecule has 4 aromatic heterocycles. The predicted octanol–water partition coefficient (Wildman–Crippen LogP) is 2.90. The van der Waals surface area contributed by atoms with Gasteiger partial charge in [0, 0.05) is 13.6 Å². The number of carbonyl (C=O) groups excluding carboxylic acids is 2. The lowest BCUT2D eigenvalue weighted by Crippen LogP contribution is -2.21. The number of carbonyl (C=O) groups is 2. The highest BCUT2D eigenvalue weighted by atomic mass is 32.1. The monoisotopic (exact) mass is 424 g/mol. The molecule has 0 unspecified atom stereocenters. The molecule has 0 saturated heterocycles. The van der Waals surface area contributed by atoms with Crippen molar-refractivity contribution < 1.29 is 9.59 Å². The minimum atomic E-state index is -0.434. The molecule has 11 heteroatoms. The summed E-state index contributed by atoms with van der Waals surface area (Å²) >= 11 is 1.55. The molecule has 30 heavy (non-hydrogen) atoms. The summed E-state index contributed by atoms with van der Waals surface area (Å²) in [6, 6.07) is 5.53. The quantitative estimate of drug-likeness (QED) is 0.439. The zero-order chi connectivity index (χ0) is 21.3. The van der Waals surface area contributed by atoms with E-state index in [9.17, 15) is 9.59 Å². The number of aromatic nitrogens is 6. The van der Waals surface area contributed by atoms with Gasteiger partial charge in [0.2, 0.25) is 0 Å². The Morgan fingerprint density at radius 3 is 2.60 bits per heavy atom. The van der Waals surface area contributed by atoms with Crippen molar-refractivity contribution in [1.82, 2.24) is 29.8 Å². The summed E-state index contributed by atoms with van der Waals surface area (Å²) in [5, 5.41) is 22.8. The molecule has 3 N–H and O–H groups in total. The van der Waals surface area contributed by atoms with Gasteiger partial charge in [0.05, 0.1) is 40.0 Å². The Balaban J connectivity index is 1.56.